The molecule has 0 aliphatic rings. The van der Waals surface area contributed by atoms with E-state index in [-0.39, 0.29) is 44.9 Å². The minimum absolute atomic E-state index is 0.0318. The molecular weight excluding hydrogens is 526 g/mol. The van der Waals surface area contributed by atoms with Crippen LogP contribution >= 0.6 is 0 Å². The van der Waals surface area contributed by atoms with Crippen molar-refractivity contribution in [2.75, 3.05) is 13.2 Å². The Morgan fingerprint density at radius 2 is 1.56 bits per heavy atom. The van der Waals surface area contributed by atoms with Gasteiger partial charge in [0.25, 0.3) is 0 Å². The number of amides is 3. The van der Waals surface area contributed by atoms with E-state index in [1.165, 1.54) is 6.08 Å². The van der Waals surface area contributed by atoms with Gasteiger partial charge in [-0.3, -0.25) is 9.59 Å². The third kappa shape index (κ3) is 12.1. The first-order chi connectivity index (χ1) is 19.8. The molecule has 0 aromatic heterocycles. The molecule has 0 radical (unpaired) electrons. The Kier molecular flexibility index (Phi) is 14.4. The number of hydrogen-bond acceptors (Lipinski definition) is 7. The number of alkyl carbamates (subject to hydrolysis) is 1. The molecule has 0 aliphatic carbocycles. The van der Waals surface area contributed by atoms with E-state index < -0.39 is 42.1 Å². The number of carbonyl (C=O) groups excluding carboxylic acids is 4. The van der Waals surface area contributed by atoms with Crippen LogP contribution in [0.25, 0.3) is 0 Å². The van der Waals surface area contributed by atoms with Crippen molar-refractivity contribution in [3.05, 3.63) is 97.1 Å². The SMILES string of the molecule is C=CC[C@H](CC(=O)N[C@@H](C)CO)C(=O)NC[C@@H](OC(=O)[C@@H](CC=C)NC(=O)OCc1ccccc1)c1ccccc1. The molecule has 0 fully saturated rings. The van der Waals surface area contributed by atoms with E-state index in [4.69, 9.17) is 14.6 Å². The maximum absolute atomic E-state index is 13.1. The number of aliphatic hydroxyl groups is 1. The number of aliphatic hydroxyl groups excluding tert-OH is 1. The normalized spacial score (nSPS) is 13.4. The van der Waals surface area contributed by atoms with Crippen LogP contribution < -0.4 is 16.0 Å². The molecule has 0 unspecified atom stereocenters. The van der Waals surface area contributed by atoms with Crippen LogP contribution in [0.3, 0.4) is 0 Å². The van der Waals surface area contributed by atoms with Crippen molar-refractivity contribution in [1.82, 2.24) is 16.0 Å². The van der Waals surface area contributed by atoms with Crippen LogP contribution in [0.2, 0.25) is 0 Å². The fraction of sp³-hybridized carbons (Fsp3) is 0.355. The molecule has 0 bridgehead atoms. The average molecular weight is 566 g/mol. The van der Waals surface area contributed by atoms with Crippen LogP contribution in [-0.4, -0.2) is 54.2 Å². The molecule has 0 heterocycles. The van der Waals surface area contributed by atoms with E-state index in [0.717, 1.165) is 5.56 Å². The minimum Gasteiger partial charge on any atom is -0.454 e. The third-order valence-electron chi connectivity index (χ3n) is 6.02. The molecule has 0 saturated heterocycles. The predicted molar refractivity (Wildman–Crippen MR) is 154 cm³/mol. The van der Waals surface area contributed by atoms with E-state index in [2.05, 4.69) is 29.1 Å². The van der Waals surface area contributed by atoms with Crippen LogP contribution in [-0.2, 0) is 30.5 Å². The van der Waals surface area contributed by atoms with Crippen molar-refractivity contribution in [3.63, 3.8) is 0 Å². The molecule has 4 atom stereocenters. The summed E-state index contributed by atoms with van der Waals surface area (Å²) in [6, 6.07) is 16.4. The summed E-state index contributed by atoms with van der Waals surface area (Å²) in [5.74, 6) is -2.24. The summed E-state index contributed by atoms with van der Waals surface area (Å²) in [7, 11) is 0. The van der Waals surface area contributed by atoms with Crippen LogP contribution in [0.1, 0.15) is 43.4 Å². The van der Waals surface area contributed by atoms with Crippen LogP contribution in [0, 0.1) is 5.92 Å². The highest BCUT2D eigenvalue weighted by Gasteiger charge is 2.28. The summed E-state index contributed by atoms with van der Waals surface area (Å²) >= 11 is 0. The molecule has 2 aromatic carbocycles. The fourth-order valence-corrected chi connectivity index (χ4v) is 3.83. The Bertz CT molecular complexity index is 1140. The molecule has 3 amide bonds. The number of ether oxygens (including phenoxy) is 2. The standard InChI is InChI=1S/C31H39N3O7/c1-4-12-25(18-28(36)33-22(3)20-35)29(37)32-19-27(24-16-10-7-11-17-24)41-30(38)26(13-5-2)34-31(39)40-21-23-14-8-6-9-15-23/h4-11,14-17,22,25-27,35H,1-2,12-13,18-21H2,3H3,(H,32,37)(H,33,36)(H,34,39)/t22-,25+,26+,27+/m0/s1. The second kappa shape index (κ2) is 18.0. The number of esters is 1. The maximum atomic E-state index is 13.1. The highest BCUT2D eigenvalue weighted by atomic mass is 16.6. The van der Waals surface area contributed by atoms with E-state index in [0.29, 0.717) is 5.56 Å². The predicted octanol–water partition coefficient (Wildman–Crippen LogP) is 3.34. The number of hydrogen-bond donors (Lipinski definition) is 4. The number of benzene rings is 2. The van der Waals surface area contributed by atoms with Gasteiger partial charge < -0.3 is 30.5 Å². The second-order valence-corrected chi connectivity index (χ2v) is 9.44. The topological polar surface area (TPSA) is 143 Å². The summed E-state index contributed by atoms with van der Waals surface area (Å²) in [6.07, 6.45) is 1.59. The van der Waals surface area contributed by atoms with Gasteiger partial charge in [-0.15, -0.1) is 13.2 Å². The maximum Gasteiger partial charge on any atom is 0.408 e. The molecule has 41 heavy (non-hydrogen) atoms. The minimum atomic E-state index is -1.07. The Labute approximate surface area is 240 Å². The van der Waals surface area contributed by atoms with Crippen molar-refractivity contribution in [2.45, 2.75) is 51.0 Å². The lowest BCUT2D eigenvalue weighted by atomic mass is 9.99. The van der Waals surface area contributed by atoms with Crippen LogP contribution in [0.15, 0.2) is 86.0 Å². The van der Waals surface area contributed by atoms with Gasteiger partial charge in [-0.2, -0.15) is 0 Å². The monoisotopic (exact) mass is 565 g/mol. The van der Waals surface area contributed by atoms with Crippen LogP contribution in [0.4, 0.5) is 4.79 Å². The molecule has 4 N–H and O–H groups in total. The van der Waals surface area contributed by atoms with Gasteiger partial charge in [0.1, 0.15) is 18.8 Å². The van der Waals surface area contributed by atoms with Gasteiger partial charge in [-0.25, -0.2) is 9.59 Å². The molecule has 0 aliphatic heterocycles. The first kappa shape index (κ1) is 32.8. The van der Waals surface area contributed by atoms with E-state index in [9.17, 15) is 19.2 Å². The largest absolute Gasteiger partial charge is 0.454 e. The molecule has 0 saturated carbocycles. The summed E-state index contributed by atoms with van der Waals surface area (Å²) in [6.45, 7) is 8.71. The quantitative estimate of drug-likeness (QED) is 0.170. The average Bonchev–Trinajstić information content (AvgIpc) is 2.98. The molecular formula is C31H39N3O7. The van der Waals surface area contributed by atoms with Crippen molar-refractivity contribution in [1.29, 1.82) is 0 Å². The Morgan fingerprint density at radius 3 is 2.17 bits per heavy atom. The zero-order chi connectivity index (χ0) is 30.0. The Morgan fingerprint density at radius 1 is 0.927 bits per heavy atom. The Hall–Kier alpha value is -4.44. The smallest absolute Gasteiger partial charge is 0.408 e. The van der Waals surface area contributed by atoms with Gasteiger partial charge in [0, 0.05) is 12.5 Å². The lowest BCUT2D eigenvalue weighted by Gasteiger charge is -2.24. The van der Waals surface area contributed by atoms with E-state index in [1.807, 2.05) is 30.3 Å². The van der Waals surface area contributed by atoms with Gasteiger partial charge in [-0.1, -0.05) is 72.8 Å². The second-order valence-electron chi connectivity index (χ2n) is 9.44. The lowest BCUT2D eigenvalue weighted by Crippen LogP contribution is -2.43. The first-order valence-corrected chi connectivity index (χ1v) is 13.4. The van der Waals surface area contributed by atoms with Gasteiger partial charge in [0.2, 0.25) is 11.8 Å². The summed E-state index contributed by atoms with van der Waals surface area (Å²) < 4.78 is 11.0. The van der Waals surface area contributed by atoms with Crippen molar-refractivity contribution >= 4 is 23.9 Å². The highest BCUT2D eigenvalue weighted by molar-refractivity contribution is 5.86. The zero-order valence-corrected chi connectivity index (χ0v) is 23.3. The van der Waals surface area contributed by atoms with Gasteiger partial charge in [0.05, 0.1) is 19.1 Å². The summed E-state index contributed by atoms with van der Waals surface area (Å²) in [4.78, 5) is 50.8. The summed E-state index contributed by atoms with van der Waals surface area (Å²) in [5.41, 5.74) is 1.42. The zero-order valence-electron chi connectivity index (χ0n) is 23.3. The van der Waals surface area contributed by atoms with Crippen molar-refractivity contribution in [3.8, 4) is 0 Å². The number of carbonyl (C=O) groups is 4. The molecule has 0 spiro atoms. The number of rotatable bonds is 17. The molecule has 220 valence electrons. The Balaban J connectivity index is 2.06. The van der Waals surface area contributed by atoms with E-state index >= 15 is 0 Å². The first-order valence-electron chi connectivity index (χ1n) is 13.4. The highest BCUT2D eigenvalue weighted by Crippen LogP contribution is 2.19. The van der Waals surface area contributed by atoms with Gasteiger partial charge in [0.15, 0.2) is 0 Å². The van der Waals surface area contributed by atoms with Crippen molar-refractivity contribution < 1.29 is 33.8 Å². The van der Waals surface area contributed by atoms with E-state index in [1.54, 1.807) is 43.3 Å². The van der Waals surface area contributed by atoms with Gasteiger partial charge in [-0.05, 0) is 30.9 Å². The molecule has 10 heteroatoms. The third-order valence-corrected chi connectivity index (χ3v) is 6.02. The molecule has 10 nitrogen and oxygen atoms in total. The summed E-state index contributed by atoms with van der Waals surface area (Å²) in [5, 5.41) is 17.1. The number of nitrogens with one attached hydrogen (secondary N) is 3. The molecule has 2 rings (SSSR count). The molecule has 2 aromatic rings. The van der Waals surface area contributed by atoms with Gasteiger partial charge >= 0.3 is 12.1 Å². The van der Waals surface area contributed by atoms with Crippen LogP contribution in [0.5, 0.6) is 0 Å². The van der Waals surface area contributed by atoms with Crippen molar-refractivity contribution in [2.24, 2.45) is 5.92 Å². The lowest BCUT2D eigenvalue weighted by molar-refractivity contribution is -0.152. The number of allylic oxidation sites excluding steroid dienone is 1. The fourth-order valence-electron chi connectivity index (χ4n) is 3.83.